The fourth-order valence-electron chi connectivity index (χ4n) is 4.95. The quantitative estimate of drug-likeness (QED) is 0.483. The van der Waals surface area contributed by atoms with Crippen LogP contribution in [0, 0.1) is 0 Å². The maximum atomic E-state index is 4.97. The molecule has 2 aliphatic heterocycles. The molecule has 2 N–H and O–H groups in total. The van der Waals surface area contributed by atoms with E-state index in [2.05, 4.69) is 48.9 Å². The zero-order chi connectivity index (χ0) is 20.6. The van der Waals surface area contributed by atoms with Crippen molar-refractivity contribution in [1.29, 1.82) is 0 Å². The van der Waals surface area contributed by atoms with Crippen molar-refractivity contribution in [2.75, 3.05) is 36.4 Å². The van der Waals surface area contributed by atoms with Crippen LogP contribution in [0.15, 0.2) is 35.8 Å². The second-order valence-corrected chi connectivity index (χ2v) is 9.54. The van der Waals surface area contributed by atoms with Gasteiger partial charge in [-0.2, -0.15) is 10.1 Å². The molecule has 0 radical (unpaired) electrons. The van der Waals surface area contributed by atoms with Gasteiger partial charge in [-0.1, -0.05) is 6.42 Å². The molecule has 0 saturated carbocycles. The minimum atomic E-state index is 0.723. The summed E-state index contributed by atoms with van der Waals surface area (Å²) in [6, 6.07) is 9.02. The molecule has 0 atom stereocenters. The first-order valence-electron chi connectivity index (χ1n) is 11.3. The van der Waals surface area contributed by atoms with Crippen molar-refractivity contribution >= 4 is 49.9 Å². The largest absolute Gasteiger partial charge is 0.341 e. The Hall–Kier alpha value is -2.71. The fraction of sp³-hybridized carbons (Fsp3) is 0.435. The summed E-state index contributed by atoms with van der Waals surface area (Å²) >= 11 is 1.68. The number of aromatic nitrogens is 4. The maximum absolute atomic E-state index is 4.97. The van der Waals surface area contributed by atoms with Crippen LogP contribution in [0.4, 0.5) is 17.5 Å². The van der Waals surface area contributed by atoms with E-state index in [-0.39, 0.29) is 0 Å². The average molecular weight is 434 g/mol. The molecule has 2 aliphatic rings. The summed E-state index contributed by atoms with van der Waals surface area (Å²) in [5.41, 5.74) is 3.06. The Labute approximate surface area is 185 Å². The van der Waals surface area contributed by atoms with Crippen LogP contribution in [0.2, 0.25) is 0 Å². The summed E-state index contributed by atoms with van der Waals surface area (Å²) in [6.07, 6.45) is 8.36. The highest BCUT2D eigenvalue weighted by atomic mass is 32.1. The summed E-state index contributed by atoms with van der Waals surface area (Å²) in [5.74, 6) is 1.73. The van der Waals surface area contributed by atoms with Crippen molar-refractivity contribution < 1.29 is 0 Å². The molecular weight excluding hydrogens is 406 g/mol. The predicted molar refractivity (Wildman–Crippen MR) is 127 cm³/mol. The molecule has 0 aliphatic carbocycles. The summed E-state index contributed by atoms with van der Waals surface area (Å²) in [5, 5.41) is 13.8. The Morgan fingerprint density at radius 1 is 1.00 bits per heavy atom. The van der Waals surface area contributed by atoms with Crippen molar-refractivity contribution in [3.8, 4) is 0 Å². The number of aromatic amines is 1. The molecule has 2 saturated heterocycles. The molecule has 160 valence electrons. The van der Waals surface area contributed by atoms with Gasteiger partial charge in [-0.05, 0) is 68.4 Å². The highest BCUT2D eigenvalue weighted by molar-refractivity contribution is 7.17. The van der Waals surface area contributed by atoms with Crippen molar-refractivity contribution in [2.24, 2.45) is 0 Å². The molecule has 31 heavy (non-hydrogen) atoms. The lowest BCUT2D eigenvalue weighted by Crippen LogP contribution is -2.47. The second-order valence-electron chi connectivity index (χ2n) is 8.62. The SMILES string of the molecule is c1cc2nc(N3CCC(N4CCCCC4)CC3)nc(Nc3ccc4[nH]ncc4c3)c2s1. The minimum absolute atomic E-state index is 0.723. The molecule has 5 heterocycles. The number of piperidine rings is 2. The number of anilines is 3. The third kappa shape index (κ3) is 3.74. The lowest BCUT2D eigenvalue weighted by atomic mass is 10.0. The second kappa shape index (κ2) is 8.09. The van der Waals surface area contributed by atoms with Crippen LogP contribution in [-0.4, -0.2) is 57.3 Å². The van der Waals surface area contributed by atoms with Gasteiger partial charge >= 0.3 is 0 Å². The molecule has 6 rings (SSSR count). The van der Waals surface area contributed by atoms with E-state index >= 15 is 0 Å². The van der Waals surface area contributed by atoms with E-state index in [9.17, 15) is 0 Å². The Morgan fingerprint density at radius 2 is 1.87 bits per heavy atom. The van der Waals surface area contributed by atoms with Gasteiger partial charge in [0, 0.05) is 30.2 Å². The predicted octanol–water partition coefficient (Wildman–Crippen LogP) is 4.77. The van der Waals surface area contributed by atoms with Crippen LogP contribution in [0.25, 0.3) is 21.1 Å². The summed E-state index contributed by atoms with van der Waals surface area (Å²) in [7, 11) is 0. The number of benzene rings is 1. The fourth-order valence-corrected chi connectivity index (χ4v) is 5.72. The van der Waals surface area contributed by atoms with Crippen molar-refractivity contribution in [2.45, 2.75) is 38.1 Å². The number of hydrogen-bond donors (Lipinski definition) is 2. The smallest absolute Gasteiger partial charge is 0.227 e. The Kier molecular flexibility index (Phi) is 4.96. The van der Waals surface area contributed by atoms with E-state index in [1.54, 1.807) is 11.3 Å². The number of thiophene rings is 1. The van der Waals surface area contributed by atoms with Gasteiger partial charge in [-0.3, -0.25) is 5.10 Å². The number of fused-ring (bicyclic) bond motifs is 2. The summed E-state index contributed by atoms with van der Waals surface area (Å²) < 4.78 is 1.10. The first kappa shape index (κ1) is 19.0. The number of H-pyrrole nitrogens is 1. The summed E-state index contributed by atoms with van der Waals surface area (Å²) in [6.45, 7) is 4.60. The lowest BCUT2D eigenvalue weighted by molar-refractivity contribution is 0.141. The number of nitrogens with zero attached hydrogens (tertiary/aromatic N) is 5. The van der Waals surface area contributed by atoms with Gasteiger partial charge < -0.3 is 15.1 Å². The molecule has 0 unspecified atom stereocenters. The van der Waals surface area contributed by atoms with Crippen LogP contribution in [-0.2, 0) is 0 Å². The lowest BCUT2D eigenvalue weighted by Gasteiger charge is -2.40. The van der Waals surface area contributed by atoms with Crippen LogP contribution in [0.3, 0.4) is 0 Å². The molecule has 2 fully saturated rings. The molecular formula is C23H27N7S. The zero-order valence-electron chi connectivity index (χ0n) is 17.5. The third-order valence-electron chi connectivity index (χ3n) is 6.65. The first-order chi connectivity index (χ1) is 15.3. The van der Waals surface area contributed by atoms with Crippen molar-refractivity contribution in [1.82, 2.24) is 25.1 Å². The van der Waals surface area contributed by atoms with Gasteiger partial charge in [0.1, 0.15) is 0 Å². The molecule has 3 aromatic heterocycles. The molecule has 1 aromatic carbocycles. The Bertz CT molecular complexity index is 1190. The van der Waals surface area contributed by atoms with Crippen LogP contribution < -0.4 is 10.2 Å². The monoisotopic (exact) mass is 433 g/mol. The molecule has 0 spiro atoms. The first-order valence-corrected chi connectivity index (χ1v) is 12.2. The van der Waals surface area contributed by atoms with Crippen LogP contribution in [0.1, 0.15) is 32.1 Å². The van der Waals surface area contributed by atoms with Gasteiger partial charge in [-0.25, -0.2) is 4.98 Å². The average Bonchev–Trinajstić information content (AvgIpc) is 3.49. The van der Waals surface area contributed by atoms with Gasteiger partial charge in [0.15, 0.2) is 5.82 Å². The standard InChI is InChI=1S/C23H27N7S/c1-2-9-29(10-3-1)18-6-11-30(12-7-18)23-26-20-8-13-31-21(20)22(27-23)25-17-4-5-19-16(14-17)15-24-28-19/h4-5,8,13-15,18H,1-3,6-7,9-12H2,(H,24,28)(H,25,26,27). The van der Waals surface area contributed by atoms with Crippen molar-refractivity contribution in [3.63, 3.8) is 0 Å². The van der Waals surface area contributed by atoms with E-state index in [0.29, 0.717) is 0 Å². The van der Waals surface area contributed by atoms with Crippen molar-refractivity contribution in [3.05, 3.63) is 35.8 Å². The maximum Gasteiger partial charge on any atom is 0.227 e. The zero-order valence-corrected chi connectivity index (χ0v) is 18.4. The minimum Gasteiger partial charge on any atom is -0.341 e. The number of likely N-dealkylation sites (tertiary alicyclic amines) is 1. The van der Waals surface area contributed by atoms with Crippen LogP contribution >= 0.6 is 11.3 Å². The molecule has 0 amide bonds. The topological polar surface area (TPSA) is 73.0 Å². The van der Waals surface area contributed by atoms with Gasteiger partial charge in [0.2, 0.25) is 5.95 Å². The van der Waals surface area contributed by atoms with E-state index in [1.165, 1.54) is 45.2 Å². The van der Waals surface area contributed by atoms with E-state index in [4.69, 9.17) is 9.97 Å². The normalized spacial score (nSPS) is 18.8. The van der Waals surface area contributed by atoms with E-state index in [1.807, 2.05) is 12.3 Å². The highest BCUT2D eigenvalue weighted by Gasteiger charge is 2.27. The van der Waals surface area contributed by atoms with Crippen LogP contribution in [0.5, 0.6) is 0 Å². The highest BCUT2D eigenvalue weighted by Crippen LogP contribution is 2.32. The molecule has 7 nitrogen and oxygen atoms in total. The van der Waals surface area contributed by atoms with E-state index < -0.39 is 0 Å². The van der Waals surface area contributed by atoms with Gasteiger partial charge in [-0.15, -0.1) is 11.3 Å². The number of rotatable bonds is 4. The molecule has 8 heteroatoms. The Morgan fingerprint density at radius 3 is 2.74 bits per heavy atom. The van der Waals surface area contributed by atoms with Gasteiger partial charge in [0.25, 0.3) is 0 Å². The number of nitrogens with one attached hydrogen (secondary N) is 2. The Balaban J connectivity index is 1.24. The number of hydrogen-bond acceptors (Lipinski definition) is 7. The summed E-state index contributed by atoms with van der Waals surface area (Å²) in [4.78, 5) is 14.9. The molecule has 0 bridgehead atoms. The molecule has 4 aromatic rings. The third-order valence-corrected chi connectivity index (χ3v) is 7.56. The van der Waals surface area contributed by atoms with Gasteiger partial charge in [0.05, 0.1) is 21.9 Å². The van der Waals surface area contributed by atoms with E-state index in [0.717, 1.165) is 57.7 Å².